The average molecular weight is 243 g/mol. The van der Waals surface area contributed by atoms with Gasteiger partial charge in [-0.15, -0.1) is 0 Å². The molecule has 0 aromatic rings. The zero-order valence-corrected chi connectivity index (χ0v) is 12.1. The van der Waals surface area contributed by atoms with E-state index in [1.165, 1.54) is 0 Å². The Morgan fingerprint density at radius 1 is 1.18 bits per heavy atom. The minimum atomic E-state index is 0.0479. The van der Waals surface area contributed by atoms with Crippen LogP contribution >= 0.6 is 0 Å². The molecule has 0 unspecified atom stereocenters. The second-order valence-corrected chi connectivity index (χ2v) is 5.04. The van der Waals surface area contributed by atoms with Gasteiger partial charge in [-0.25, -0.2) is 0 Å². The lowest BCUT2D eigenvalue weighted by molar-refractivity contribution is 0.144. The number of rotatable bonds is 7. The first-order valence-corrected chi connectivity index (χ1v) is 6.63. The summed E-state index contributed by atoms with van der Waals surface area (Å²) in [5, 5.41) is 6.62. The van der Waals surface area contributed by atoms with Crippen LogP contribution in [0.3, 0.4) is 0 Å². The largest absolute Gasteiger partial charge is 0.382 e. The second kappa shape index (κ2) is 9.28. The van der Waals surface area contributed by atoms with Crippen LogP contribution in [0, 0.1) is 0 Å². The van der Waals surface area contributed by atoms with Crippen LogP contribution in [-0.2, 0) is 4.74 Å². The molecule has 0 aliphatic rings. The van der Waals surface area contributed by atoms with E-state index >= 15 is 0 Å². The fourth-order valence-corrected chi connectivity index (χ4v) is 1.31. The summed E-state index contributed by atoms with van der Waals surface area (Å²) in [6.45, 7) is 13.9. The number of aliphatic imine (C=N–C) groups is 1. The zero-order chi connectivity index (χ0) is 13.1. The minimum Gasteiger partial charge on any atom is -0.382 e. The minimum absolute atomic E-state index is 0.0479. The molecule has 0 amide bonds. The Morgan fingerprint density at radius 3 is 2.41 bits per heavy atom. The first kappa shape index (κ1) is 16.2. The Kier molecular flexibility index (Phi) is 8.86. The first-order valence-electron chi connectivity index (χ1n) is 6.63. The third-order valence-corrected chi connectivity index (χ3v) is 2.01. The van der Waals surface area contributed by atoms with E-state index in [0.29, 0.717) is 0 Å². The number of hydrogen-bond donors (Lipinski definition) is 2. The predicted molar refractivity (Wildman–Crippen MR) is 74.6 cm³/mol. The van der Waals surface area contributed by atoms with E-state index in [0.717, 1.165) is 45.1 Å². The van der Waals surface area contributed by atoms with Gasteiger partial charge in [-0.1, -0.05) is 0 Å². The normalized spacial score (nSPS) is 12.6. The van der Waals surface area contributed by atoms with Crippen molar-refractivity contribution in [2.24, 2.45) is 4.99 Å². The van der Waals surface area contributed by atoms with Gasteiger partial charge in [-0.3, -0.25) is 4.99 Å². The van der Waals surface area contributed by atoms with Crippen LogP contribution in [0.4, 0.5) is 0 Å². The quantitative estimate of drug-likeness (QED) is 0.409. The van der Waals surface area contributed by atoms with Crippen LogP contribution in [0.1, 0.15) is 47.5 Å². The maximum atomic E-state index is 5.29. The predicted octanol–water partition coefficient (Wildman–Crippen LogP) is 2.16. The maximum absolute atomic E-state index is 5.29. The van der Waals surface area contributed by atoms with Gasteiger partial charge < -0.3 is 15.4 Å². The van der Waals surface area contributed by atoms with Gasteiger partial charge >= 0.3 is 0 Å². The van der Waals surface area contributed by atoms with Gasteiger partial charge in [0.1, 0.15) is 0 Å². The van der Waals surface area contributed by atoms with Gasteiger partial charge in [0.25, 0.3) is 0 Å². The van der Waals surface area contributed by atoms with Gasteiger partial charge in [-0.05, 0) is 47.5 Å². The van der Waals surface area contributed by atoms with E-state index in [-0.39, 0.29) is 5.54 Å². The van der Waals surface area contributed by atoms with Crippen LogP contribution in [0.25, 0.3) is 0 Å². The van der Waals surface area contributed by atoms with Gasteiger partial charge in [0, 0.05) is 31.8 Å². The highest BCUT2D eigenvalue weighted by Crippen LogP contribution is 1.98. The molecule has 0 aromatic carbocycles. The fourth-order valence-electron chi connectivity index (χ4n) is 1.31. The Hall–Kier alpha value is -0.770. The molecule has 102 valence electrons. The molecule has 0 fully saturated rings. The summed E-state index contributed by atoms with van der Waals surface area (Å²) in [5.41, 5.74) is 0.0479. The third-order valence-electron chi connectivity index (χ3n) is 2.01. The summed E-state index contributed by atoms with van der Waals surface area (Å²) in [4.78, 5) is 4.54. The Morgan fingerprint density at radius 2 is 1.88 bits per heavy atom. The highest BCUT2D eigenvalue weighted by Gasteiger charge is 2.11. The summed E-state index contributed by atoms with van der Waals surface area (Å²) in [6, 6.07) is 0. The number of ether oxygens (including phenoxy) is 1. The summed E-state index contributed by atoms with van der Waals surface area (Å²) < 4.78 is 5.29. The van der Waals surface area contributed by atoms with Gasteiger partial charge in [0.05, 0.1) is 0 Å². The first-order chi connectivity index (χ1) is 7.99. The molecule has 0 heterocycles. The van der Waals surface area contributed by atoms with Crippen molar-refractivity contribution in [1.82, 2.24) is 10.6 Å². The van der Waals surface area contributed by atoms with Crippen molar-refractivity contribution in [3.05, 3.63) is 0 Å². The highest BCUT2D eigenvalue weighted by atomic mass is 16.5. The number of nitrogens with one attached hydrogen (secondary N) is 2. The van der Waals surface area contributed by atoms with Crippen LogP contribution in [-0.4, -0.2) is 37.8 Å². The number of nitrogens with zero attached hydrogens (tertiary/aromatic N) is 1. The molecule has 0 rings (SSSR count). The molecule has 0 saturated heterocycles. The van der Waals surface area contributed by atoms with Crippen molar-refractivity contribution in [3.63, 3.8) is 0 Å². The van der Waals surface area contributed by atoms with Crippen molar-refractivity contribution in [2.45, 2.75) is 53.0 Å². The van der Waals surface area contributed by atoms with Crippen molar-refractivity contribution < 1.29 is 4.74 Å². The van der Waals surface area contributed by atoms with E-state index in [2.05, 4.69) is 43.3 Å². The maximum Gasteiger partial charge on any atom is 0.191 e. The van der Waals surface area contributed by atoms with E-state index in [1.54, 1.807) is 0 Å². The molecule has 0 aliphatic carbocycles. The van der Waals surface area contributed by atoms with Gasteiger partial charge in [0.15, 0.2) is 5.96 Å². The van der Waals surface area contributed by atoms with Crippen LogP contribution in [0.2, 0.25) is 0 Å². The smallest absolute Gasteiger partial charge is 0.191 e. The van der Waals surface area contributed by atoms with Crippen molar-refractivity contribution >= 4 is 5.96 Å². The third kappa shape index (κ3) is 11.5. The molecule has 0 bridgehead atoms. The highest BCUT2D eigenvalue weighted by molar-refractivity contribution is 5.80. The molecule has 0 spiro atoms. The molecule has 0 saturated carbocycles. The number of guanidine groups is 1. The molecule has 0 atom stereocenters. The molecular weight excluding hydrogens is 214 g/mol. The lowest BCUT2D eigenvalue weighted by atomic mass is 10.1. The topological polar surface area (TPSA) is 45.7 Å². The SMILES string of the molecule is CCNC(=NCCCCOCC)NC(C)(C)C. The van der Waals surface area contributed by atoms with Crippen LogP contribution in [0.5, 0.6) is 0 Å². The lowest BCUT2D eigenvalue weighted by Gasteiger charge is -2.23. The molecule has 0 aliphatic heterocycles. The van der Waals surface area contributed by atoms with Gasteiger partial charge in [0.2, 0.25) is 0 Å². The fraction of sp³-hybridized carbons (Fsp3) is 0.923. The second-order valence-electron chi connectivity index (χ2n) is 5.04. The summed E-state index contributed by atoms with van der Waals surface area (Å²) in [6.07, 6.45) is 2.15. The van der Waals surface area contributed by atoms with Crippen LogP contribution in [0.15, 0.2) is 4.99 Å². The van der Waals surface area contributed by atoms with Crippen molar-refractivity contribution in [1.29, 1.82) is 0 Å². The van der Waals surface area contributed by atoms with E-state index in [1.807, 2.05) is 6.92 Å². The van der Waals surface area contributed by atoms with E-state index in [9.17, 15) is 0 Å². The Bertz CT molecular complexity index is 209. The Balaban J connectivity index is 3.87. The molecule has 17 heavy (non-hydrogen) atoms. The molecule has 0 radical (unpaired) electrons. The summed E-state index contributed by atoms with van der Waals surface area (Å²) in [5.74, 6) is 0.899. The summed E-state index contributed by atoms with van der Waals surface area (Å²) >= 11 is 0. The number of unbranched alkanes of at least 4 members (excludes halogenated alkanes) is 1. The number of hydrogen-bond acceptors (Lipinski definition) is 2. The zero-order valence-electron chi connectivity index (χ0n) is 12.1. The molecule has 4 nitrogen and oxygen atoms in total. The van der Waals surface area contributed by atoms with Crippen molar-refractivity contribution in [2.75, 3.05) is 26.3 Å². The monoisotopic (exact) mass is 243 g/mol. The lowest BCUT2D eigenvalue weighted by Crippen LogP contribution is -2.47. The van der Waals surface area contributed by atoms with E-state index < -0.39 is 0 Å². The van der Waals surface area contributed by atoms with E-state index in [4.69, 9.17) is 4.74 Å². The standard InChI is InChI=1S/C13H29N3O/c1-6-14-12(16-13(3,4)5)15-10-8-9-11-17-7-2/h6-11H2,1-5H3,(H2,14,15,16). The molecular formula is C13H29N3O. The van der Waals surface area contributed by atoms with Gasteiger partial charge in [-0.2, -0.15) is 0 Å². The average Bonchev–Trinajstić information content (AvgIpc) is 2.21. The van der Waals surface area contributed by atoms with Crippen LogP contribution < -0.4 is 10.6 Å². The van der Waals surface area contributed by atoms with Crippen molar-refractivity contribution in [3.8, 4) is 0 Å². The molecule has 2 N–H and O–H groups in total. The molecule has 0 aromatic heterocycles. The Labute approximate surface area is 106 Å². The summed E-state index contributed by atoms with van der Waals surface area (Å²) in [7, 11) is 0. The molecule has 4 heteroatoms.